The van der Waals surface area contributed by atoms with E-state index in [1.807, 2.05) is 13.8 Å². The largest absolute Gasteiger partial charge is 0.444 e. The lowest BCUT2D eigenvalue weighted by molar-refractivity contribution is 0.447. The number of benzene rings is 1. The molecule has 94 valence electrons. The number of nitrogens with one attached hydrogen (secondary N) is 1. The smallest absolute Gasteiger partial charge is 0.208 e. The minimum Gasteiger partial charge on any atom is -0.444 e. The molecule has 3 rings (SSSR count). The third-order valence-corrected chi connectivity index (χ3v) is 3.61. The zero-order valence-electron chi connectivity index (χ0n) is 10.8. The van der Waals surface area contributed by atoms with Gasteiger partial charge in [0.2, 0.25) is 5.89 Å². The van der Waals surface area contributed by atoms with E-state index >= 15 is 0 Å². The normalized spacial score (nSPS) is 22.1. The van der Waals surface area contributed by atoms with Gasteiger partial charge in [-0.05, 0) is 25.8 Å². The molecule has 1 aromatic heterocycles. The highest BCUT2D eigenvalue weighted by Gasteiger charge is 2.37. The number of oxazole rings is 1. The second kappa shape index (κ2) is 4.58. The fraction of sp³-hybridized carbons (Fsp3) is 0.400. The van der Waals surface area contributed by atoms with Crippen LogP contribution in [0.15, 0.2) is 34.7 Å². The Bertz CT molecular complexity index is 513. The molecule has 1 aromatic carbocycles. The Morgan fingerprint density at radius 1 is 1.28 bits per heavy atom. The molecule has 1 saturated carbocycles. The van der Waals surface area contributed by atoms with Crippen molar-refractivity contribution in [2.24, 2.45) is 0 Å². The summed E-state index contributed by atoms with van der Waals surface area (Å²) in [6.45, 7) is 4.66. The number of nitrogens with zero attached hydrogens (tertiary/aromatic N) is 1. The molecule has 0 saturated heterocycles. The van der Waals surface area contributed by atoms with Gasteiger partial charge in [0.05, 0.1) is 12.2 Å². The highest BCUT2D eigenvalue weighted by atomic mass is 16.4. The Kier molecular flexibility index (Phi) is 2.92. The van der Waals surface area contributed by atoms with Gasteiger partial charge in [-0.1, -0.05) is 30.3 Å². The number of aryl methyl sites for hydroxylation is 2. The van der Waals surface area contributed by atoms with E-state index in [0.717, 1.165) is 23.9 Å². The van der Waals surface area contributed by atoms with Crippen LogP contribution in [0.5, 0.6) is 0 Å². The maximum atomic E-state index is 5.56. The van der Waals surface area contributed by atoms with Crippen LogP contribution < -0.4 is 5.32 Å². The van der Waals surface area contributed by atoms with Gasteiger partial charge in [0.25, 0.3) is 0 Å². The van der Waals surface area contributed by atoms with Crippen LogP contribution in [0.3, 0.4) is 0 Å². The average Bonchev–Trinajstić information content (AvgIpc) is 3.09. The molecule has 3 nitrogen and oxygen atoms in total. The van der Waals surface area contributed by atoms with Crippen molar-refractivity contribution in [2.75, 3.05) is 0 Å². The summed E-state index contributed by atoms with van der Waals surface area (Å²) in [4.78, 5) is 4.38. The molecule has 1 aliphatic rings. The molecular weight excluding hydrogens is 224 g/mol. The number of rotatable bonds is 4. The van der Waals surface area contributed by atoms with Crippen molar-refractivity contribution >= 4 is 0 Å². The fourth-order valence-electron chi connectivity index (χ4n) is 2.32. The van der Waals surface area contributed by atoms with Gasteiger partial charge in [-0.25, -0.2) is 4.98 Å². The third kappa shape index (κ3) is 2.31. The molecule has 2 unspecified atom stereocenters. The van der Waals surface area contributed by atoms with Gasteiger partial charge in [0, 0.05) is 12.0 Å². The molecule has 1 N–H and O–H groups in total. The molecule has 0 aliphatic heterocycles. The van der Waals surface area contributed by atoms with Crippen LogP contribution in [0.2, 0.25) is 0 Å². The molecule has 0 amide bonds. The molecule has 0 spiro atoms. The van der Waals surface area contributed by atoms with Gasteiger partial charge in [-0.2, -0.15) is 0 Å². The Labute approximate surface area is 107 Å². The summed E-state index contributed by atoms with van der Waals surface area (Å²) in [7, 11) is 0. The minimum atomic E-state index is 0.569. The van der Waals surface area contributed by atoms with Gasteiger partial charge >= 0.3 is 0 Å². The van der Waals surface area contributed by atoms with E-state index in [1.54, 1.807) is 0 Å². The Balaban J connectivity index is 1.54. The van der Waals surface area contributed by atoms with Crippen molar-refractivity contribution < 1.29 is 4.42 Å². The number of hydrogen-bond donors (Lipinski definition) is 1. The Morgan fingerprint density at radius 2 is 2.06 bits per heavy atom. The Morgan fingerprint density at radius 3 is 2.72 bits per heavy atom. The molecule has 3 heteroatoms. The van der Waals surface area contributed by atoms with E-state index < -0.39 is 0 Å². The molecule has 1 fully saturated rings. The van der Waals surface area contributed by atoms with E-state index in [9.17, 15) is 0 Å². The van der Waals surface area contributed by atoms with Crippen molar-refractivity contribution in [1.29, 1.82) is 0 Å². The molecule has 18 heavy (non-hydrogen) atoms. The third-order valence-electron chi connectivity index (χ3n) is 3.61. The van der Waals surface area contributed by atoms with Gasteiger partial charge in [0.15, 0.2) is 0 Å². The van der Waals surface area contributed by atoms with E-state index in [4.69, 9.17) is 4.42 Å². The van der Waals surface area contributed by atoms with Crippen molar-refractivity contribution in [3.05, 3.63) is 53.2 Å². The number of aromatic nitrogens is 1. The van der Waals surface area contributed by atoms with Crippen molar-refractivity contribution in [3.8, 4) is 0 Å². The van der Waals surface area contributed by atoms with E-state index in [1.165, 1.54) is 12.0 Å². The first-order valence-electron chi connectivity index (χ1n) is 6.45. The fourth-order valence-corrected chi connectivity index (χ4v) is 2.32. The van der Waals surface area contributed by atoms with Crippen molar-refractivity contribution in [2.45, 2.75) is 38.8 Å². The molecular formula is C15H18N2O. The summed E-state index contributed by atoms with van der Waals surface area (Å²) in [5, 5.41) is 3.51. The highest BCUT2D eigenvalue weighted by Crippen LogP contribution is 2.40. The molecule has 2 atom stereocenters. The van der Waals surface area contributed by atoms with Gasteiger partial charge in [-0.3, -0.25) is 0 Å². The molecule has 0 radical (unpaired) electrons. The van der Waals surface area contributed by atoms with Crippen molar-refractivity contribution in [3.63, 3.8) is 0 Å². The molecule has 1 heterocycles. The first kappa shape index (κ1) is 11.5. The Hall–Kier alpha value is -1.61. The second-order valence-corrected chi connectivity index (χ2v) is 4.99. The second-order valence-electron chi connectivity index (χ2n) is 4.99. The zero-order valence-corrected chi connectivity index (χ0v) is 10.8. The highest BCUT2D eigenvalue weighted by molar-refractivity contribution is 5.27. The lowest BCUT2D eigenvalue weighted by atomic mass is 10.1. The van der Waals surface area contributed by atoms with Crippen LogP contribution in [0.1, 0.15) is 35.2 Å². The van der Waals surface area contributed by atoms with Gasteiger partial charge < -0.3 is 9.73 Å². The van der Waals surface area contributed by atoms with E-state index in [0.29, 0.717) is 12.0 Å². The first-order chi connectivity index (χ1) is 8.74. The SMILES string of the molecule is Cc1nc(CNC2CC2c2ccccc2)oc1C. The summed E-state index contributed by atoms with van der Waals surface area (Å²) < 4.78 is 5.56. The molecule has 1 aliphatic carbocycles. The maximum absolute atomic E-state index is 5.56. The summed E-state index contributed by atoms with van der Waals surface area (Å²) in [6.07, 6.45) is 1.21. The monoisotopic (exact) mass is 242 g/mol. The van der Waals surface area contributed by atoms with E-state index in [2.05, 4.69) is 40.6 Å². The standard InChI is InChI=1S/C15H18N2O/c1-10-11(2)18-15(17-10)9-16-14-8-13(14)12-6-4-3-5-7-12/h3-7,13-14,16H,8-9H2,1-2H3. The first-order valence-corrected chi connectivity index (χ1v) is 6.45. The van der Waals surface area contributed by atoms with E-state index in [-0.39, 0.29) is 0 Å². The van der Waals surface area contributed by atoms with Crippen LogP contribution in [-0.4, -0.2) is 11.0 Å². The minimum absolute atomic E-state index is 0.569. The topological polar surface area (TPSA) is 38.1 Å². The van der Waals surface area contributed by atoms with Gasteiger partial charge in [0.1, 0.15) is 5.76 Å². The average molecular weight is 242 g/mol. The van der Waals surface area contributed by atoms with Crippen LogP contribution >= 0.6 is 0 Å². The van der Waals surface area contributed by atoms with Crippen LogP contribution in [0.25, 0.3) is 0 Å². The summed E-state index contributed by atoms with van der Waals surface area (Å²) in [5.41, 5.74) is 2.41. The van der Waals surface area contributed by atoms with Gasteiger partial charge in [-0.15, -0.1) is 0 Å². The van der Waals surface area contributed by atoms with Crippen LogP contribution in [-0.2, 0) is 6.54 Å². The molecule has 0 bridgehead atoms. The summed E-state index contributed by atoms with van der Waals surface area (Å²) >= 11 is 0. The quantitative estimate of drug-likeness (QED) is 0.895. The predicted octanol–water partition coefficient (Wildman–Crippen LogP) is 2.94. The van der Waals surface area contributed by atoms with Crippen LogP contribution in [0, 0.1) is 13.8 Å². The summed E-state index contributed by atoms with van der Waals surface area (Å²) in [5.74, 6) is 2.37. The lowest BCUT2D eigenvalue weighted by Gasteiger charge is -2.01. The lowest BCUT2D eigenvalue weighted by Crippen LogP contribution is -2.17. The maximum Gasteiger partial charge on any atom is 0.208 e. The molecule has 2 aromatic rings. The zero-order chi connectivity index (χ0) is 12.5. The summed E-state index contributed by atoms with van der Waals surface area (Å²) in [6, 6.07) is 11.2. The van der Waals surface area contributed by atoms with Crippen LogP contribution in [0.4, 0.5) is 0 Å². The van der Waals surface area contributed by atoms with Crippen molar-refractivity contribution in [1.82, 2.24) is 10.3 Å². The predicted molar refractivity (Wildman–Crippen MR) is 70.4 cm³/mol. The number of hydrogen-bond acceptors (Lipinski definition) is 3.